The third kappa shape index (κ3) is 4.71. The SMILES string of the molecule is Cc1cc(C)c(CNC(=O)c2cc(-c3ccc(N(C)C)nc3)cc3c2c(C)cn3C(C)C)c(=O)[nH]1. The third-order valence-corrected chi connectivity index (χ3v) is 6.38. The van der Waals surface area contributed by atoms with Crippen LogP contribution in [0, 0.1) is 20.8 Å². The summed E-state index contributed by atoms with van der Waals surface area (Å²) in [5.74, 6) is 0.659. The molecule has 0 atom stereocenters. The third-order valence-electron chi connectivity index (χ3n) is 6.38. The fourth-order valence-electron chi connectivity index (χ4n) is 4.55. The largest absolute Gasteiger partial charge is 0.363 e. The van der Waals surface area contributed by atoms with E-state index in [4.69, 9.17) is 0 Å². The number of hydrogen-bond acceptors (Lipinski definition) is 4. The molecule has 35 heavy (non-hydrogen) atoms. The Morgan fingerprint density at radius 1 is 1.09 bits per heavy atom. The molecule has 0 aliphatic heterocycles. The second kappa shape index (κ2) is 9.41. The molecule has 7 heteroatoms. The standard InChI is InChI=1S/C28H33N5O2/c1-16(2)33-15-18(4)26-22(27(34)30-14-23-17(3)10-19(5)31-28(23)35)11-21(12-24(26)33)20-8-9-25(29-13-20)32(6)7/h8-13,15-16H,14H2,1-7H3,(H,30,34)(H,31,35). The molecule has 0 saturated heterocycles. The molecule has 0 spiro atoms. The maximum absolute atomic E-state index is 13.5. The minimum Gasteiger partial charge on any atom is -0.363 e. The van der Waals surface area contributed by atoms with E-state index < -0.39 is 0 Å². The number of nitrogens with zero attached hydrogens (tertiary/aromatic N) is 3. The molecule has 1 aromatic carbocycles. The average molecular weight is 472 g/mol. The molecule has 0 fully saturated rings. The van der Waals surface area contributed by atoms with Gasteiger partial charge in [-0.2, -0.15) is 0 Å². The Balaban J connectivity index is 1.79. The lowest BCUT2D eigenvalue weighted by Crippen LogP contribution is -2.28. The molecule has 2 N–H and O–H groups in total. The number of aryl methyl sites for hydroxylation is 3. The van der Waals surface area contributed by atoms with Gasteiger partial charge in [0.2, 0.25) is 0 Å². The van der Waals surface area contributed by atoms with Crippen molar-refractivity contribution >= 4 is 22.6 Å². The molecule has 4 rings (SSSR count). The first-order valence-corrected chi connectivity index (χ1v) is 11.8. The minimum absolute atomic E-state index is 0.162. The highest BCUT2D eigenvalue weighted by Gasteiger charge is 2.19. The number of carbonyl (C=O) groups excluding carboxylic acids is 1. The van der Waals surface area contributed by atoms with E-state index in [0.717, 1.165) is 44.7 Å². The van der Waals surface area contributed by atoms with Crippen molar-refractivity contribution in [3.8, 4) is 11.1 Å². The van der Waals surface area contributed by atoms with Gasteiger partial charge in [0.25, 0.3) is 11.5 Å². The van der Waals surface area contributed by atoms with Crippen LogP contribution in [-0.4, -0.2) is 34.5 Å². The molecule has 3 heterocycles. The van der Waals surface area contributed by atoms with E-state index in [9.17, 15) is 9.59 Å². The van der Waals surface area contributed by atoms with Gasteiger partial charge in [0.15, 0.2) is 0 Å². The van der Waals surface area contributed by atoms with E-state index in [1.54, 1.807) is 0 Å². The number of nitrogens with one attached hydrogen (secondary N) is 2. The molecular formula is C28H33N5O2. The fraction of sp³-hybridized carbons (Fsp3) is 0.321. The number of aromatic nitrogens is 3. The van der Waals surface area contributed by atoms with E-state index in [-0.39, 0.29) is 24.1 Å². The van der Waals surface area contributed by atoms with Crippen molar-refractivity contribution in [3.63, 3.8) is 0 Å². The quantitative estimate of drug-likeness (QED) is 0.419. The zero-order chi connectivity index (χ0) is 25.4. The number of aromatic amines is 1. The maximum Gasteiger partial charge on any atom is 0.253 e. The molecule has 0 bridgehead atoms. The number of rotatable bonds is 6. The van der Waals surface area contributed by atoms with Gasteiger partial charge in [-0.3, -0.25) is 9.59 Å². The van der Waals surface area contributed by atoms with E-state index in [2.05, 4.69) is 46.0 Å². The Morgan fingerprint density at radius 2 is 1.83 bits per heavy atom. The number of H-pyrrole nitrogens is 1. The van der Waals surface area contributed by atoms with Crippen LogP contribution >= 0.6 is 0 Å². The number of carbonyl (C=O) groups is 1. The van der Waals surface area contributed by atoms with Crippen molar-refractivity contribution < 1.29 is 4.79 Å². The van der Waals surface area contributed by atoms with Gasteiger partial charge < -0.3 is 19.8 Å². The van der Waals surface area contributed by atoms with Crippen LogP contribution < -0.4 is 15.8 Å². The lowest BCUT2D eigenvalue weighted by Gasteiger charge is -2.15. The molecule has 4 aromatic rings. The molecule has 0 saturated carbocycles. The van der Waals surface area contributed by atoms with Crippen LogP contribution in [0.25, 0.3) is 22.0 Å². The first kappa shape index (κ1) is 24.3. The van der Waals surface area contributed by atoms with Crippen molar-refractivity contribution in [3.05, 3.63) is 81.0 Å². The lowest BCUT2D eigenvalue weighted by molar-refractivity contribution is 0.0952. The van der Waals surface area contributed by atoms with Gasteiger partial charge in [-0.05, 0) is 81.6 Å². The average Bonchev–Trinajstić information content (AvgIpc) is 3.14. The summed E-state index contributed by atoms with van der Waals surface area (Å²) in [5, 5.41) is 3.91. The maximum atomic E-state index is 13.5. The summed E-state index contributed by atoms with van der Waals surface area (Å²) >= 11 is 0. The van der Waals surface area contributed by atoms with Gasteiger partial charge in [0, 0.05) is 72.4 Å². The Labute approximate surface area is 205 Å². The summed E-state index contributed by atoms with van der Waals surface area (Å²) in [6.45, 7) is 10.2. The van der Waals surface area contributed by atoms with E-state index in [1.807, 2.05) is 70.2 Å². The van der Waals surface area contributed by atoms with Crippen molar-refractivity contribution in [1.82, 2.24) is 19.9 Å². The predicted octanol–water partition coefficient (Wildman–Crippen LogP) is 4.89. The van der Waals surface area contributed by atoms with E-state index >= 15 is 0 Å². The van der Waals surface area contributed by atoms with Crippen LogP contribution in [0.3, 0.4) is 0 Å². The van der Waals surface area contributed by atoms with Crippen LogP contribution in [0.5, 0.6) is 0 Å². The second-order valence-electron chi connectivity index (χ2n) is 9.66. The summed E-state index contributed by atoms with van der Waals surface area (Å²) in [7, 11) is 3.91. The number of anilines is 1. The van der Waals surface area contributed by atoms with Crippen LogP contribution in [0.15, 0.2) is 47.5 Å². The molecule has 0 radical (unpaired) electrons. The van der Waals surface area contributed by atoms with Crippen LogP contribution in [0.2, 0.25) is 0 Å². The summed E-state index contributed by atoms with van der Waals surface area (Å²) in [6, 6.07) is 10.2. The number of benzene rings is 1. The highest BCUT2D eigenvalue weighted by Crippen LogP contribution is 2.33. The summed E-state index contributed by atoms with van der Waals surface area (Å²) in [6.07, 6.45) is 3.93. The summed E-state index contributed by atoms with van der Waals surface area (Å²) in [4.78, 5) is 35.3. The molecule has 0 aliphatic rings. The van der Waals surface area contributed by atoms with Crippen LogP contribution in [0.4, 0.5) is 5.82 Å². The smallest absolute Gasteiger partial charge is 0.253 e. The zero-order valence-electron chi connectivity index (χ0n) is 21.5. The van der Waals surface area contributed by atoms with E-state index in [1.165, 1.54) is 0 Å². The molecular weight excluding hydrogens is 438 g/mol. The minimum atomic E-state index is -0.210. The van der Waals surface area contributed by atoms with Gasteiger partial charge in [-0.1, -0.05) is 0 Å². The van der Waals surface area contributed by atoms with Crippen LogP contribution in [0.1, 0.15) is 52.6 Å². The second-order valence-corrected chi connectivity index (χ2v) is 9.66. The first-order valence-electron chi connectivity index (χ1n) is 11.8. The molecule has 1 amide bonds. The monoisotopic (exact) mass is 471 g/mol. The normalized spacial score (nSPS) is 11.3. The number of amides is 1. The van der Waals surface area contributed by atoms with Gasteiger partial charge in [0.1, 0.15) is 5.82 Å². The highest BCUT2D eigenvalue weighted by molar-refractivity contribution is 6.09. The fourth-order valence-corrected chi connectivity index (χ4v) is 4.55. The Hall–Kier alpha value is -3.87. The van der Waals surface area contributed by atoms with Gasteiger partial charge in [-0.25, -0.2) is 4.98 Å². The topological polar surface area (TPSA) is 83.0 Å². The molecule has 7 nitrogen and oxygen atoms in total. The summed E-state index contributed by atoms with van der Waals surface area (Å²) < 4.78 is 2.20. The number of pyridine rings is 2. The zero-order valence-corrected chi connectivity index (χ0v) is 21.5. The predicted molar refractivity (Wildman–Crippen MR) is 142 cm³/mol. The van der Waals surface area contributed by atoms with Crippen molar-refractivity contribution in [2.24, 2.45) is 0 Å². The van der Waals surface area contributed by atoms with E-state index in [0.29, 0.717) is 11.1 Å². The van der Waals surface area contributed by atoms with Gasteiger partial charge >= 0.3 is 0 Å². The lowest BCUT2D eigenvalue weighted by atomic mass is 9.98. The van der Waals surface area contributed by atoms with Crippen LogP contribution in [-0.2, 0) is 6.54 Å². The van der Waals surface area contributed by atoms with Gasteiger partial charge in [0.05, 0.1) is 0 Å². The van der Waals surface area contributed by atoms with Crippen molar-refractivity contribution in [2.75, 3.05) is 19.0 Å². The summed E-state index contributed by atoms with van der Waals surface area (Å²) in [5.41, 5.74) is 6.55. The molecule has 182 valence electrons. The first-order chi connectivity index (χ1) is 16.6. The number of fused-ring (bicyclic) bond motifs is 1. The highest BCUT2D eigenvalue weighted by atomic mass is 16.1. The Bertz CT molecular complexity index is 1460. The Morgan fingerprint density at radius 3 is 2.43 bits per heavy atom. The molecule has 0 aliphatic carbocycles. The van der Waals surface area contributed by atoms with Gasteiger partial charge in [-0.15, -0.1) is 0 Å². The molecule has 3 aromatic heterocycles. The number of hydrogen-bond donors (Lipinski definition) is 2. The Kier molecular flexibility index (Phi) is 6.52. The molecule has 0 unspecified atom stereocenters. The van der Waals surface area contributed by atoms with Crippen molar-refractivity contribution in [1.29, 1.82) is 0 Å². The van der Waals surface area contributed by atoms with Crippen molar-refractivity contribution in [2.45, 2.75) is 47.2 Å².